The Morgan fingerprint density at radius 1 is 1.17 bits per heavy atom. The molecule has 0 saturated carbocycles. The van der Waals surface area contributed by atoms with Crippen molar-refractivity contribution in [3.8, 4) is 11.5 Å². The Hall–Kier alpha value is -3.13. The zero-order chi connectivity index (χ0) is 21.3. The van der Waals surface area contributed by atoms with Crippen LogP contribution in [0.4, 0.5) is 0 Å². The summed E-state index contributed by atoms with van der Waals surface area (Å²) in [6.07, 6.45) is 2.79. The summed E-state index contributed by atoms with van der Waals surface area (Å²) in [5, 5.41) is 40.7. The molecule has 0 aliphatic carbocycles. The minimum Gasteiger partial charge on any atom is -0.507 e. The Kier molecular flexibility index (Phi) is 5.34. The minimum absolute atomic E-state index is 0.00195. The molecule has 0 bridgehead atoms. The zero-order valence-electron chi connectivity index (χ0n) is 16.1. The fourth-order valence-corrected chi connectivity index (χ4v) is 3.74. The fourth-order valence-electron chi connectivity index (χ4n) is 3.74. The van der Waals surface area contributed by atoms with Gasteiger partial charge in [-0.2, -0.15) is 0 Å². The maximum Gasteiger partial charge on any atom is 0.196 e. The number of phenolic OH excluding ortho intramolecular Hbond substituents is 1. The molecule has 4 rings (SSSR count). The van der Waals surface area contributed by atoms with E-state index in [0.29, 0.717) is 0 Å². The highest BCUT2D eigenvalue weighted by Crippen LogP contribution is 2.43. The first kappa shape index (κ1) is 20.2. The molecule has 0 amide bonds. The van der Waals surface area contributed by atoms with E-state index in [1.165, 1.54) is 6.07 Å². The monoisotopic (exact) mass is 410 g/mol. The van der Waals surface area contributed by atoms with E-state index in [1.807, 2.05) is 42.5 Å². The van der Waals surface area contributed by atoms with E-state index in [9.17, 15) is 25.2 Å². The van der Waals surface area contributed by atoms with Gasteiger partial charge in [-0.3, -0.25) is 4.79 Å². The van der Waals surface area contributed by atoms with Crippen LogP contribution in [-0.2, 0) is 13.0 Å². The third kappa shape index (κ3) is 3.47. The van der Waals surface area contributed by atoms with Crippen LogP contribution in [0.25, 0.3) is 17.0 Å². The number of hydrogen-bond acceptors (Lipinski definition) is 7. The van der Waals surface area contributed by atoms with Gasteiger partial charge in [0.15, 0.2) is 11.0 Å². The molecular weight excluding hydrogens is 388 g/mol. The maximum atomic E-state index is 12.3. The van der Waals surface area contributed by atoms with Crippen LogP contribution in [-0.4, -0.2) is 38.7 Å². The molecule has 2 aromatic carbocycles. The summed E-state index contributed by atoms with van der Waals surface area (Å²) in [7, 11) is 0. The highest BCUT2D eigenvalue weighted by molar-refractivity contribution is 5.87. The number of aromatic hydroxyl groups is 1. The lowest BCUT2D eigenvalue weighted by Crippen LogP contribution is -2.54. The van der Waals surface area contributed by atoms with Crippen LogP contribution in [0.5, 0.6) is 11.5 Å². The smallest absolute Gasteiger partial charge is 0.196 e. The number of aliphatic hydroxyl groups excluding tert-OH is 3. The molecule has 0 spiro atoms. The number of rotatable bonds is 5. The molecule has 3 aromatic rings. The van der Waals surface area contributed by atoms with Crippen molar-refractivity contribution in [2.75, 3.05) is 6.61 Å². The fraction of sp³-hybridized carbons (Fsp3) is 0.261. The molecule has 0 fully saturated rings. The van der Waals surface area contributed by atoms with Gasteiger partial charge in [0.2, 0.25) is 0 Å². The van der Waals surface area contributed by atoms with Gasteiger partial charge in [0.05, 0.1) is 6.61 Å². The maximum absolute atomic E-state index is 12.3. The molecule has 2 heterocycles. The predicted octanol–water partition coefficient (Wildman–Crippen LogP) is 2.12. The second-order valence-electron chi connectivity index (χ2n) is 7.37. The van der Waals surface area contributed by atoms with Crippen molar-refractivity contribution in [1.82, 2.24) is 0 Å². The van der Waals surface area contributed by atoms with Crippen LogP contribution in [0.1, 0.15) is 23.3 Å². The van der Waals surface area contributed by atoms with Crippen molar-refractivity contribution in [2.24, 2.45) is 0 Å². The van der Waals surface area contributed by atoms with E-state index >= 15 is 0 Å². The molecule has 2 unspecified atom stereocenters. The normalized spacial score (nSPS) is 21.0. The Labute approximate surface area is 172 Å². The van der Waals surface area contributed by atoms with Crippen LogP contribution in [0.3, 0.4) is 0 Å². The summed E-state index contributed by atoms with van der Waals surface area (Å²) < 4.78 is 11.5. The van der Waals surface area contributed by atoms with Gasteiger partial charge in [-0.05, 0) is 5.56 Å². The lowest BCUT2D eigenvalue weighted by molar-refractivity contribution is -0.0944. The van der Waals surface area contributed by atoms with E-state index in [1.54, 1.807) is 0 Å². The molecule has 156 valence electrons. The van der Waals surface area contributed by atoms with Crippen molar-refractivity contribution in [2.45, 2.75) is 31.2 Å². The van der Waals surface area contributed by atoms with Crippen LogP contribution in [0.2, 0.25) is 0 Å². The first-order valence-electron chi connectivity index (χ1n) is 9.59. The molecule has 7 heteroatoms. The van der Waals surface area contributed by atoms with Gasteiger partial charge in [0.1, 0.15) is 40.9 Å². The second-order valence-corrected chi connectivity index (χ2v) is 7.37. The quantitative estimate of drug-likeness (QED) is 0.508. The van der Waals surface area contributed by atoms with E-state index in [2.05, 4.69) is 0 Å². The predicted molar refractivity (Wildman–Crippen MR) is 110 cm³/mol. The lowest BCUT2D eigenvalue weighted by atomic mass is 9.85. The second kappa shape index (κ2) is 7.95. The summed E-state index contributed by atoms with van der Waals surface area (Å²) in [5.41, 5.74) is -0.507. The van der Waals surface area contributed by atoms with Crippen LogP contribution in [0, 0.1) is 0 Å². The first-order chi connectivity index (χ1) is 14.5. The van der Waals surface area contributed by atoms with E-state index in [-0.39, 0.29) is 46.6 Å². The standard InChI is InChI=1S/C23H22O7/c24-12-15-9-17(26)21-19(29-15)11-18-16(22(21)28)10-20(27)23(13-25,30-18)8-4-7-14-5-2-1-3-6-14/h1-7,9,11,20,24-25,27-28H,8,10,12-13H2. The summed E-state index contributed by atoms with van der Waals surface area (Å²) in [4.78, 5) is 12.3. The van der Waals surface area contributed by atoms with Gasteiger partial charge in [-0.25, -0.2) is 0 Å². The van der Waals surface area contributed by atoms with E-state index in [4.69, 9.17) is 9.15 Å². The highest BCUT2D eigenvalue weighted by atomic mass is 16.5. The number of aliphatic hydroxyl groups is 3. The molecule has 30 heavy (non-hydrogen) atoms. The summed E-state index contributed by atoms with van der Waals surface area (Å²) in [6, 6.07) is 12.1. The summed E-state index contributed by atoms with van der Waals surface area (Å²) in [6.45, 7) is -0.917. The number of fused-ring (bicyclic) bond motifs is 2. The van der Waals surface area contributed by atoms with Crippen LogP contribution in [0.15, 0.2) is 57.8 Å². The number of ether oxygens (including phenoxy) is 1. The van der Waals surface area contributed by atoms with Gasteiger partial charge in [-0.1, -0.05) is 42.5 Å². The van der Waals surface area contributed by atoms with Crippen molar-refractivity contribution in [3.63, 3.8) is 0 Å². The number of hydrogen-bond donors (Lipinski definition) is 4. The van der Waals surface area contributed by atoms with Gasteiger partial charge < -0.3 is 29.6 Å². The van der Waals surface area contributed by atoms with Gasteiger partial charge in [0, 0.05) is 30.5 Å². The molecule has 1 aliphatic heterocycles. The lowest BCUT2D eigenvalue weighted by Gasteiger charge is -2.41. The topological polar surface area (TPSA) is 120 Å². The summed E-state index contributed by atoms with van der Waals surface area (Å²) >= 11 is 0. The Morgan fingerprint density at radius 3 is 2.63 bits per heavy atom. The average Bonchev–Trinajstić information content (AvgIpc) is 2.75. The molecule has 7 nitrogen and oxygen atoms in total. The number of benzene rings is 2. The summed E-state index contributed by atoms with van der Waals surface area (Å²) in [5.74, 6) is -0.0567. The molecule has 1 aromatic heterocycles. The Bertz CT molecular complexity index is 1150. The third-order valence-electron chi connectivity index (χ3n) is 5.42. The molecule has 4 N–H and O–H groups in total. The zero-order valence-corrected chi connectivity index (χ0v) is 16.1. The van der Waals surface area contributed by atoms with E-state index < -0.39 is 30.3 Å². The molecular formula is C23H22O7. The number of phenols is 1. The van der Waals surface area contributed by atoms with Crippen molar-refractivity contribution < 1.29 is 29.6 Å². The van der Waals surface area contributed by atoms with Gasteiger partial charge >= 0.3 is 0 Å². The average molecular weight is 410 g/mol. The molecule has 1 aliphatic rings. The minimum atomic E-state index is -1.31. The van der Waals surface area contributed by atoms with E-state index in [0.717, 1.165) is 11.6 Å². The molecule has 0 saturated heterocycles. The van der Waals surface area contributed by atoms with Crippen molar-refractivity contribution in [1.29, 1.82) is 0 Å². The Balaban J connectivity index is 1.72. The van der Waals surface area contributed by atoms with Crippen LogP contribution >= 0.6 is 0 Å². The van der Waals surface area contributed by atoms with Crippen molar-refractivity contribution >= 4 is 17.0 Å². The molecule has 0 radical (unpaired) electrons. The molecule has 2 atom stereocenters. The van der Waals surface area contributed by atoms with Gasteiger partial charge in [0.25, 0.3) is 0 Å². The van der Waals surface area contributed by atoms with Crippen LogP contribution < -0.4 is 10.2 Å². The van der Waals surface area contributed by atoms with Gasteiger partial charge in [-0.15, -0.1) is 0 Å². The largest absolute Gasteiger partial charge is 0.507 e. The third-order valence-corrected chi connectivity index (χ3v) is 5.42. The first-order valence-corrected chi connectivity index (χ1v) is 9.59. The SMILES string of the molecule is O=c1cc(CO)oc2cc3c(c(O)c12)CC(O)C(CO)(CC=Cc1ccccc1)O3. The van der Waals surface area contributed by atoms with Crippen molar-refractivity contribution in [3.05, 3.63) is 75.7 Å². The Morgan fingerprint density at radius 2 is 1.93 bits per heavy atom. The highest BCUT2D eigenvalue weighted by Gasteiger charge is 2.44.